The van der Waals surface area contributed by atoms with Crippen molar-refractivity contribution >= 4 is 23.4 Å². The summed E-state index contributed by atoms with van der Waals surface area (Å²) in [6.45, 7) is 2.42. The van der Waals surface area contributed by atoms with Crippen molar-refractivity contribution in [2.24, 2.45) is 11.7 Å². The van der Waals surface area contributed by atoms with E-state index in [2.05, 4.69) is 5.32 Å². The van der Waals surface area contributed by atoms with Gasteiger partial charge in [-0.2, -0.15) is 0 Å². The number of hydrogen-bond donors (Lipinski definition) is 2. The summed E-state index contributed by atoms with van der Waals surface area (Å²) in [5.41, 5.74) is 6.39. The number of piperidine rings is 1. The number of benzene rings is 1. The number of nitrogens with one attached hydrogen (secondary N) is 1. The number of hydrogen-bond acceptors (Lipinski definition) is 3. The van der Waals surface area contributed by atoms with Gasteiger partial charge in [0.25, 0.3) is 0 Å². The van der Waals surface area contributed by atoms with Crippen molar-refractivity contribution in [3.63, 3.8) is 0 Å². The summed E-state index contributed by atoms with van der Waals surface area (Å²) in [6, 6.07) is 6.32. The van der Waals surface area contributed by atoms with Crippen LogP contribution in [0.25, 0.3) is 0 Å². The number of ketones is 1. The highest BCUT2D eigenvalue weighted by Gasteiger charge is 2.27. The minimum atomic E-state index is -0.494. The van der Waals surface area contributed by atoms with Crippen LogP contribution in [0, 0.1) is 5.92 Å². The SMILES string of the molecule is CC(=O)c1cccc(NC(=O)[C@H]2CCCN(C(N)=O)C2)c1. The maximum Gasteiger partial charge on any atom is 0.314 e. The highest BCUT2D eigenvalue weighted by molar-refractivity contribution is 5.97. The Kier molecular flexibility index (Phi) is 4.57. The Morgan fingerprint density at radius 1 is 1.33 bits per heavy atom. The summed E-state index contributed by atoms with van der Waals surface area (Å²) >= 11 is 0. The van der Waals surface area contributed by atoms with Crippen molar-refractivity contribution in [3.8, 4) is 0 Å². The predicted octanol–water partition coefficient (Wildman–Crippen LogP) is 1.62. The third kappa shape index (κ3) is 3.81. The number of carbonyl (C=O) groups excluding carboxylic acids is 3. The minimum absolute atomic E-state index is 0.0522. The van der Waals surface area contributed by atoms with Crippen LogP contribution in [0.15, 0.2) is 24.3 Å². The number of urea groups is 1. The average molecular weight is 289 g/mol. The summed E-state index contributed by atoms with van der Waals surface area (Å²) < 4.78 is 0. The summed E-state index contributed by atoms with van der Waals surface area (Å²) in [4.78, 5) is 36.2. The van der Waals surface area contributed by atoms with Crippen LogP contribution in [0.3, 0.4) is 0 Å². The highest BCUT2D eigenvalue weighted by Crippen LogP contribution is 2.19. The van der Waals surface area contributed by atoms with Gasteiger partial charge in [0.15, 0.2) is 5.78 Å². The number of Topliss-reactive ketones (excluding diaryl/α,β-unsaturated/α-hetero) is 1. The maximum atomic E-state index is 12.2. The first-order valence-corrected chi connectivity index (χ1v) is 6.93. The third-order valence-corrected chi connectivity index (χ3v) is 3.64. The van der Waals surface area contributed by atoms with E-state index in [-0.39, 0.29) is 17.6 Å². The maximum absolute atomic E-state index is 12.2. The first-order valence-electron chi connectivity index (χ1n) is 6.93. The molecule has 0 saturated carbocycles. The van der Waals surface area contributed by atoms with E-state index >= 15 is 0 Å². The number of nitrogens with two attached hydrogens (primary N) is 1. The van der Waals surface area contributed by atoms with Crippen molar-refractivity contribution in [2.45, 2.75) is 19.8 Å². The van der Waals surface area contributed by atoms with Crippen LogP contribution < -0.4 is 11.1 Å². The van der Waals surface area contributed by atoms with Crippen LogP contribution in [0.5, 0.6) is 0 Å². The lowest BCUT2D eigenvalue weighted by molar-refractivity contribution is -0.121. The molecule has 1 heterocycles. The molecule has 1 fully saturated rings. The predicted molar refractivity (Wildman–Crippen MR) is 79.0 cm³/mol. The lowest BCUT2D eigenvalue weighted by Crippen LogP contribution is -2.46. The molecular weight excluding hydrogens is 270 g/mol. The van der Waals surface area contributed by atoms with Crippen LogP contribution in [0.1, 0.15) is 30.1 Å². The van der Waals surface area contributed by atoms with Gasteiger partial charge in [0.2, 0.25) is 5.91 Å². The number of amides is 3. The first kappa shape index (κ1) is 15.0. The molecule has 1 aromatic carbocycles. The molecule has 0 aromatic heterocycles. The average Bonchev–Trinajstić information content (AvgIpc) is 2.47. The molecule has 21 heavy (non-hydrogen) atoms. The third-order valence-electron chi connectivity index (χ3n) is 3.64. The molecule has 1 aliphatic heterocycles. The fourth-order valence-electron chi connectivity index (χ4n) is 2.45. The Morgan fingerprint density at radius 3 is 2.76 bits per heavy atom. The van der Waals surface area contributed by atoms with Gasteiger partial charge in [-0.25, -0.2) is 4.79 Å². The van der Waals surface area contributed by atoms with Crippen LogP contribution in [0.4, 0.5) is 10.5 Å². The lowest BCUT2D eigenvalue weighted by atomic mass is 9.97. The fourth-order valence-corrected chi connectivity index (χ4v) is 2.45. The van der Waals surface area contributed by atoms with Crippen molar-refractivity contribution in [1.82, 2.24) is 4.90 Å². The summed E-state index contributed by atoms with van der Waals surface area (Å²) in [5.74, 6) is -0.474. The number of likely N-dealkylation sites (tertiary alicyclic amines) is 1. The van der Waals surface area contributed by atoms with E-state index < -0.39 is 6.03 Å². The smallest absolute Gasteiger partial charge is 0.314 e. The number of primary amides is 1. The minimum Gasteiger partial charge on any atom is -0.351 e. The molecule has 1 aliphatic rings. The molecule has 0 radical (unpaired) electrons. The molecule has 6 nitrogen and oxygen atoms in total. The van der Waals surface area contributed by atoms with E-state index in [9.17, 15) is 14.4 Å². The molecular formula is C15H19N3O3. The summed E-state index contributed by atoms with van der Waals surface area (Å²) in [5, 5.41) is 2.80. The normalized spacial score (nSPS) is 18.1. The van der Waals surface area contributed by atoms with E-state index in [4.69, 9.17) is 5.73 Å². The van der Waals surface area contributed by atoms with Crippen LogP contribution in [-0.4, -0.2) is 35.7 Å². The molecule has 3 amide bonds. The molecule has 0 spiro atoms. The first-order chi connectivity index (χ1) is 9.97. The molecule has 0 aliphatic carbocycles. The number of carbonyl (C=O) groups is 3. The number of nitrogens with zero attached hydrogens (tertiary/aromatic N) is 1. The van der Waals surface area contributed by atoms with Crippen molar-refractivity contribution in [2.75, 3.05) is 18.4 Å². The van der Waals surface area contributed by atoms with Gasteiger partial charge in [0, 0.05) is 24.3 Å². The molecule has 1 saturated heterocycles. The zero-order valence-corrected chi connectivity index (χ0v) is 12.0. The molecule has 3 N–H and O–H groups in total. The Balaban J connectivity index is 2.02. The van der Waals surface area contributed by atoms with Gasteiger partial charge >= 0.3 is 6.03 Å². The fraction of sp³-hybridized carbons (Fsp3) is 0.400. The van der Waals surface area contributed by atoms with Crippen LogP contribution >= 0.6 is 0 Å². The zero-order chi connectivity index (χ0) is 15.4. The van der Waals surface area contributed by atoms with Crippen molar-refractivity contribution in [1.29, 1.82) is 0 Å². The quantitative estimate of drug-likeness (QED) is 0.828. The van der Waals surface area contributed by atoms with Crippen LogP contribution in [0.2, 0.25) is 0 Å². The van der Waals surface area contributed by atoms with E-state index in [0.717, 1.165) is 12.8 Å². The molecule has 2 rings (SSSR count). The van der Waals surface area contributed by atoms with Gasteiger partial charge in [-0.1, -0.05) is 12.1 Å². The van der Waals surface area contributed by atoms with E-state index in [1.165, 1.54) is 11.8 Å². The second kappa shape index (κ2) is 6.39. The van der Waals surface area contributed by atoms with Gasteiger partial charge in [-0.15, -0.1) is 0 Å². The standard InChI is InChI=1S/C15H19N3O3/c1-10(19)11-4-2-6-13(8-11)17-14(20)12-5-3-7-18(9-12)15(16)21/h2,4,6,8,12H,3,5,7,9H2,1H3,(H2,16,21)(H,17,20)/t12-/m0/s1. The van der Waals surface area contributed by atoms with Gasteiger partial charge in [0.05, 0.1) is 5.92 Å². The highest BCUT2D eigenvalue weighted by atomic mass is 16.2. The monoisotopic (exact) mass is 289 g/mol. The van der Waals surface area contributed by atoms with Gasteiger partial charge in [-0.3, -0.25) is 9.59 Å². The van der Waals surface area contributed by atoms with Gasteiger partial charge in [-0.05, 0) is 31.9 Å². The lowest BCUT2D eigenvalue weighted by Gasteiger charge is -2.30. The number of anilines is 1. The van der Waals surface area contributed by atoms with Crippen molar-refractivity contribution in [3.05, 3.63) is 29.8 Å². The molecule has 1 atom stereocenters. The zero-order valence-electron chi connectivity index (χ0n) is 12.0. The Labute approximate surface area is 123 Å². The summed E-state index contributed by atoms with van der Waals surface area (Å²) in [6.07, 6.45) is 1.48. The largest absolute Gasteiger partial charge is 0.351 e. The van der Waals surface area contributed by atoms with E-state index in [1.54, 1.807) is 24.3 Å². The van der Waals surface area contributed by atoms with Gasteiger partial charge < -0.3 is 16.0 Å². The van der Waals surface area contributed by atoms with Crippen molar-refractivity contribution < 1.29 is 14.4 Å². The van der Waals surface area contributed by atoms with Crippen LogP contribution in [-0.2, 0) is 4.79 Å². The van der Waals surface area contributed by atoms with E-state index in [1.807, 2.05) is 0 Å². The van der Waals surface area contributed by atoms with Gasteiger partial charge in [0.1, 0.15) is 0 Å². The number of rotatable bonds is 3. The molecule has 6 heteroatoms. The Hall–Kier alpha value is -2.37. The Bertz CT molecular complexity index is 571. The van der Waals surface area contributed by atoms with E-state index in [0.29, 0.717) is 24.3 Å². The molecule has 1 aromatic rings. The Morgan fingerprint density at radius 2 is 2.10 bits per heavy atom. The topological polar surface area (TPSA) is 92.5 Å². The molecule has 112 valence electrons. The summed E-state index contributed by atoms with van der Waals surface area (Å²) in [7, 11) is 0. The second-order valence-corrected chi connectivity index (χ2v) is 5.25. The molecule has 0 unspecified atom stereocenters. The molecule has 0 bridgehead atoms. The second-order valence-electron chi connectivity index (χ2n) is 5.25.